The number of aromatic hydroxyl groups is 5. The van der Waals surface area contributed by atoms with Crippen molar-refractivity contribution in [1.82, 2.24) is 0 Å². The predicted octanol–water partition coefficient (Wildman–Crippen LogP) is 2.01. The third kappa shape index (κ3) is 2.17. The van der Waals surface area contributed by atoms with Gasteiger partial charge in [0.05, 0.1) is 0 Å². The Hall–Kier alpha value is -2.76. The fraction of sp³-hybridized carbons (Fsp3) is 0. The lowest BCUT2D eigenvalue weighted by molar-refractivity contribution is 0.365. The summed E-state index contributed by atoms with van der Waals surface area (Å²) < 4.78 is 5.15. The van der Waals surface area contributed by atoms with Crippen molar-refractivity contribution in [1.29, 1.82) is 0 Å². The van der Waals surface area contributed by atoms with Crippen molar-refractivity contribution in [3.05, 3.63) is 30.3 Å². The Morgan fingerprint density at radius 3 is 1.89 bits per heavy atom. The van der Waals surface area contributed by atoms with Crippen LogP contribution >= 0.6 is 0 Å². The Morgan fingerprint density at radius 1 is 0.611 bits per heavy atom. The average molecular weight is 250 g/mol. The van der Waals surface area contributed by atoms with E-state index in [0.717, 1.165) is 18.2 Å². The zero-order chi connectivity index (χ0) is 13.3. The second kappa shape index (κ2) is 4.25. The summed E-state index contributed by atoms with van der Waals surface area (Å²) >= 11 is 0. The summed E-state index contributed by atoms with van der Waals surface area (Å²) in [6.07, 6.45) is 0. The summed E-state index contributed by atoms with van der Waals surface area (Å²) in [5.74, 6) is -2.01. The van der Waals surface area contributed by atoms with Crippen LogP contribution in [0.3, 0.4) is 0 Å². The maximum Gasteiger partial charge on any atom is 0.173 e. The highest BCUT2D eigenvalue weighted by Crippen LogP contribution is 2.41. The van der Waals surface area contributed by atoms with Crippen LogP contribution in [0.4, 0.5) is 0 Å². The molecule has 0 fully saturated rings. The third-order valence-corrected chi connectivity index (χ3v) is 2.22. The van der Waals surface area contributed by atoms with Crippen molar-refractivity contribution >= 4 is 0 Å². The molecule has 0 bridgehead atoms. The summed E-state index contributed by atoms with van der Waals surface area (Å²) in [4.78, 5) is 0. The molecule has 2 rings (SSSR count). The molecule has 0 aliphatic rings. The first-order chi connectivity index (χ1) is 8.47. The molecular weight excluding hydrogens is 240 g/mol. The largest absolute Gasteiger partial charge is 0.508 e. The standard InChI is InChI=1S/C12H10O6/c13-6-1-2-11(9(16)3-6)18-12-5-8(15)7(14)4-10(12)17/h1-5,13-17H. The van der Waals surface area contributed by atoms with E-state index in [1.165, 1.54) is 12.1 Å². The molecule has 0 radical (unpaired) electrons. The van der Waals surface area contributed by atoms with Gasteiger partial charge in [-0.05, 0) is 12.1 Å². The van der Waals surface area contributed by atoms with Gasteiger partial charge in [0.2, 0.25) is 0 Å². The van der Waals surface area contributed by atoms with E-state index >= 15 is 0 Å². The zero-order valence-corrected chi connectivity index (χ0v) is 9.03. The van der Waals surface area contributed by atoms with Crippen LogP contribution in [0.1, 0.15) is 0 Å². The van der Waals surface area contributed by atoms with Crippen molar-refractivity contribution in [3.63, 3.8) is 0 Å². The van der Waals surface area contributed by atoms with Crippen LogP contribution in [-0.2, 0) is 0 Å². The van der Waals surface area contributed by atoms with E-state index in [1.54, 1.807) is 0 Å². The molecule has 5 N–H and O–H groups in total. The van der Waals surface area contributed by atoms with Crippen LogP contribution in [0.25, 0.3) is 0 Å². The smallest absolute Gasteiger partial charge is 0.173 e. The summed E-state index contributed by atoms with van der Waals surface area (Å²) in [5.41, 5.74) is 0. The summed E-state index contributed by atoms with van der Waals surface area (Å²) in [6.45, 7) is 0. The first kappa shape index (κ1) is 11.7. The molecule has 94 valence electrons. The number of ether oxygens (including phenoxy) is 1. The zero-order valence-electron chi connectivity index (χ0n) is 9.03. The minimum Gasteiger partial charge on any atom is -0.508 e. The summed E-state index contributed by atoms with van der Waals surface area (Å²) in [7, 11) is 0. The molecule has 0 aromatic heterocycles. The van der Waals surface area contributed by atoms with Gasteiger partial charge in [-0.15, -0.1) is 0 Å². The van der Waals surface area contributed by atoms with E-state index in [-0.39, 0.29) is 23.0 Å². The first-order valence-electron chi connectivity index (χ1n) is 4.92. The Kier molecular flexibility index (Phi) is 2.77. The molecule has 0 spiro atoms. The molecule has 6 nitrogen and oxygen atoms in total. The van der Waals surface area contributed by atoms with Crippen molar-refractivity contribution in [2.24, 2.45) is 0 Å². The van der Waals surface area contributed by atoms with Gasteiger partial charge in [0.25, 0.3) is 0 Å². The fourth-order valence-corrected chi connectivity index (χ4v) is 1.34. The molecule has 6 heteroatoms. The molecule has 0 saturated heterocycles. The number of hydrogen-bond acceptors (Lipinski definition) is 6. The van der Waals surface area contributed by atoms with Gasteiger partial charge in [-0.3, -0.25) is 0 Å². The summed E-state index contributed by atoms with van der Waals surface area (Å²) in [5, 5.41) is 46.5. The second-order valence-electron chi connectivity index (χ2n) is 3.56. The molecule has 0 aliphatic carbocycles. The van der Waals surface area contributed by atoms with Gasteiger partial charge < -0.3 is 30.3 Å². The Balaban J connectivity index is 2.37. The molecule has 0 aliphatic heterocycles. The van der Waals surface area contributed by atoms with Gasteiger partial charge in [-0.1, -0.05) is 0 Å². The number of benzene rings is 2. The molecular formula is C12H10O6. The average Bonchev–Trinajstić information content (AvgIpc) is 2.29. The van der Waals surface area contributed by atoms with Crippen LogP contribution in [0, 0.1) is 0 Å². The van der Waals surface area contributed by atoms with Crippen molar-refractivity contribution in [2.45, 2.75) is 0 Å². The van der Waals surface area contributed by atoms with Gasteiger partial charge in [-0.25, -0.2) is 0 Å². The first-order valence-corrected chi connectivity index (χ1v) is 4.92. The van der Waals surface area contributed by atoms with Crippen LogP contribution in [0.15, 0.2) is 30.3 Å². The molecule has 2 aromatic rings. The van der Waals surface area contributed by atoms with Crippen LogP contribution < -0.4 is 4.74 Å². The minimum atomic E-state index is -0.491. The van der Waals surface area contributed by atoms with Crippen molar-refractivity contribution in [2.75, 3.05) is 0 Å². The highest BCUT2D eigenvalue weighted by molar-refractivity contribution is 5.55. The van der Waals surface area contributed by atoms with E-state index < -0.39 is 17.2 Å². The van der Waals surface area contributed by atoms with Crippen molar-refractivity contribution < 1.29 is 30.3 Å². The van der Waals surface area contributed by atoms with Gasteiger partial charge >= 0.3 is 0 Å². The fourth-order valence-electron chi connectivity index (χ4n) is 1.34. The van der Waals surface area contributed by atoms with Gasteiger partial charge in [0, 0.05) is 18.2 Å². The molecule has 0 amide bonds. The van der Waals surface area contributed by atoms with E-state index in [4.69, 9.17) is 14.9 Å². The molecule has 0 atom stereocenters. The molecule has 0 unspecified atom stereocenters. The third-order valence-electron chi connectivity index (χ3n) is 2.22. The Morgan fingerprint density at radius 2 is 1.22 bits per heavy atom. The monoisotopic (exact) mass is 250 g/mol. The van der Waals surface area contributed by atoms with E-state index in [1.807, 2.05) is 0 Å². The molecule has 0 heterocycles. The van der Waals surface area contributed by atoms with Crippen molar-refractivity contribution in [3.8, 4) is 40.2 Å². The second-order valence-corrected chi connectivity index (χ2v) is 3.56. The SMILES string of the molecule is Oc1ccc(Oc2cc(O)c(O)cc2O)c(O)c1. The predicted molar refractivity (Wildman–Crippen MR) is 61.3 cm³/mol. The summed E-state index contributed by atoms with van der Waals surface area (Å²) in [6, 6.07) is 5.53. The Bertz CT molecular complexity index is 593. The van der Waals surface area contributed by atoms with Gasteiger partial charge in [0.15, 0.2) is 34.5 Å². The lowest BCUT2D eigenvalue weighted by Gasteiger charge is -2.10. The van der Waals surface area contributed by atoms with Crippen LogP contribution in [-0.4, -0.2) is 25.5 Å². The number of phenols is 5. The maximum absolute atomic E-state index is 9.50. The van der Waals surface area contributed by atoms with Gasteiger partial charge in [-0.2, -0.15) is 0 Å². The molecule has 0 saturated carbocycles. The number of phenolic OH excluding ortho intramolecular Hbond substituents is 5. The maximum atomic E-state index is 9.50. The van der Waals surface area contributed by atoms with E-state index in [0.29, 0.717) is 0 Å². The highest BCUT2D eigenvalue weighted by Gasteiger charge is 2.12. The Labute approximate surface area is 102 Å². The number of rotatable bonds is 2. The van der Waals surface area contributed by atoms with Gasteiger partial charge in [0.1, 0.15) is 5.75 Å². The van der Waals surface area contributed by atoms with Crippen LogP contribution in [0.5, 0.6) is 40.2 Å². The lowest BCUT2D eigenvalue weighted by atomic mass is 10.2. The lowest BCUT2D eigenvalue weighted by Crippen LogP contribution is -1.86. The topological polar surface area (TPSA) is 110 Å². The molecule has 18 heavy (non-hydrogen) atoms. The minimum absolute atomic E-state index is 0.0202. The normalized spacial score (nSPS) is 10.2. The van der Waals surface area contributed by atoms with E-state index in [9.17, 15) is 15.3 Å². The quantitative estimate of drug-likeness (QED) is 0.412. The molecule has 2 aromatic carbocycles. The van der Waals surface area contributed by atoms with Crippen LogP contribution in [0.2, 0.25) is 0 Å². The number of hydrogen-bond donors (Lipinski definition) is 5. The highest BCUT2D eigenvalue weighted by atomic mass is 16.5. The van der Waals surface area contributed by atoms with E-state index in [2.05, 4.69) is 0 Å².